The van der Waals surface area contributed by atoms with Crippen molar-refractivity contribution in [2.24, 2.45) is 0 Å². The molecule has 1 amide bonds. The van der Waals surface area contributed by atoms with Gasteiger partial charge in [0.05, 0.1) is 16.5 Å². The lowest BCUT2D eigenvalue weighted by Crippen LogP contribution is -2.40. The molecular weight excluding hydrogens is 284 g/mol. The summed E-state index contributed by atoms with van der Waals surface area (Å²) < 4.78 is 0. The molecule has 2 unspecified atom stereocenters. The highest BCUT2D eigenvalue weighted by Crippen LogP contribution is 2.23. The van der Waals surface area contributed by atoms with Crippen molar-refractivity contribution in [3.05, 3.63) is 42.1 Å². The van der Waals surface area contributed by atoms with E-state index in [2.05, 4.69) is 10.3 Å². The van der Waals surface area contributed by atoms with Crippen LogP contribution in [0.3, 0.4) is 0 Å². The van der Waals surface area contributed by atoms with Gasteiger partial charge in [0.15, 0.2) is 0 Å². The minimum atomic E-state index is -0.0724. The zero-order chi connectivity index (χ0) is 14.7. The van der Waals surface area contributed by atoms with Crippen LogP contribution in [0.4, 0.5) is 0 Å². The molecule has 2 atom stereocenters. The van der Waals surface area contributed by atoms with E-state index in [4.69, 9.17) is 11.6 Å². The van der Waals surface area contributed by atoms with E-state index in [0.717, 1.165) is 36.6 Å². The van der Waals surface area contributed by atoms with Gasteiger partial charge in [-0.25, -0.2) is 0 Å². The zero-order valence-corrected chi connectivity index (χ0v) is 12.6. The fourth-order valence-electron chi connectivity index (χ4n) is 2.96. The molecule has 1 heterocycles. The third-order valence-corrected chi connectivity index (χ3v) is 4.65. The molecule has 2 aromatic rings. The summed E-state index contributed by atoms with van der Waals surface area (Å²) in [7, 11) is 0. The number of nitrogens with zero attached hydrogens (tertiary/aromatic N) is 1. The lowest BCUT2D eigenvalue weighted by Gasteiger charge is -2.21. The maximum absolute atomic E-state index is 12.6. The van der Waals surface area contributed by atoms with Crippen molar-refractivity contribution in [2.45, 2.75) is 43.5 Å². The number of carbonyl (C=O) groups is 1. The summed E-state index contributed by atoms with van der Waals surface area (Å²) in [6, 6.07) is 9.59. The van der Waals surface area contributed by atoms with E-state index in [9.17, 15) is 4.79 Å². The number of carbonyl (C=O) groups excluding carboxylic acids is 1. The van der Waals surface area contributed by atoms with Crippen molar-refractivity contribution < 1.29 is 4.79 Å². The maximum Gasteiger partial charge on any atom is 0.253 e. The molecule has 0 aliphatic heterocycles. The molecule has 0 radical (unpaired) electrons. The number of alkyl halides is 1. The van der Waals surface area contributed by atoms with Crippen LogP contribution >= 0.6 is 11.6 Å². The Bertz CT molecular complexity index is 638. The van der Waals surface area contributed by atoms with Gasteiger partial charge in [0.2, 0.25) is 0 Å². The molecular formula is C17H19ClN2O. The normalized spacial score (nSPS) is 22.7. The number of hydrogen-bond donors (Lipinski definition) is 1. The Labute approximate surface area is 129 Å². The molecule has 1 aromatic carbocycles. The molecule has 1 saturated carbocycles. The number of halogens is 1. The molecule has 21 heavy (non-hydrogen) atoms. The second kappa shape index (κ2) is 6.44. The third-order valence-electron chi connectivity index (χ3n) is 4.13. The first-order valence-corrected chi connectivity index (χ1v) is 7.98. The number of pyridine rings is 1. The van der Waals surface area contributed by atoms with Crippen LogP contribution in [0.2, 0.25) is 0 Å². The predicted octanol–water partition coefficient (Wildman–Crippen LogP) is 3.90. The van der Waals surface area contributed by atoms with Crippen LogP contribution in [0.1, 0.15) is 42.5 Å². The lowest BCUT2D eigenvalue weighted by molar-refractivity contribution is 0.0935. The number of rotatable bonds is 2. The third kappa shape index (κ3) is 3.18. The highest BCUT2D eigenvalue weighted by Gasteiger charge is 2.24. The molecule has 3 rings (SSSR count). The van der Waals surface area contributed by atoms with Crippen LogP contribution in [0.25, 0.3) is 10.9 Å². The summed E-state index contributed by atoms with van der Waals surface area (Å²) in [4.78, 5) is 16.9. The highest BCUT2D eigenvalue weighted by molar-refractivity contribution is 6.21. The number of aromatic nitrogens is 1. The van der Waals surface area contributed by atoms with E-state index in [1.165, 1.54) is 6.42 Å². The van der Waals surface area contributed by atoms with E-state index in [1.54, 1.807) is 6.20 Å². The SMILES string of the molecule is O=C(NC1CCCCCC1Cl)c1cccc2cccnc12. The maximum atomic E-state index is 12.6. The standard InChI is InChI=1S/C17H19ClN2O/c18-14-9-2-1-3-10-15(14)20-17(21)13-8-4-6-12-7-5-11-19-16(12)13/h4-8,11,14-15H,1-3,9-10H2,(H,20,21). The summed E-state index contributed by atoms with van der Waals surface area (Å²) >= 11 is 6.41. The topological polar surface area (TPSA) is 42.0 Å². The van der Waals surface area contributed by atoms with Gasteiger partial charge in [0, 0.05) is 17.6 Å². The molecule has 1 aliphatic carbocycles. The van der Waals surface area contributed by atoms with Crippen molar-refractivity contribution in [1.29, 1.82) is 0 Å². The second-order valence-electron chi connectivity index (χ2n) is 5.61. The number of benzene rings is 1. The average molecular weight is 303 g/mol. The molecule has 1 N–H and O–H groups in total. The number of fused-ring (bicyclic) bond motifs is 1. The molecule has 0 spiro atoms. The van der Waals surface area contributed by atoms with Crippen molar-refractivity contribution in [1.82, 2.24) is 10.3 Å². The van der Waals surface area contributed by atoms with Gasteiger partial charge in [-0.1, -0.05) is 37.5 Å². The lowest BCUT2D eigenvalue weighted by atomic mass is 10.1. The van der Waals surface area contributed by atoms with E-state index in [0.29, 0.717) is 5.56 Å². The number of hydrogen-bond acceptors (Lipinski definition) is 2. The Morgan fingerprint density at radius 2 is 1.95 bits per heavy atom. The quantitative estimate of drug-likeness (QED) is 0.675. The Morgan fingerprint density at radius 3 is 2.86 bits per heavy atom. The Morgan fingerprint density at radius 1 is 1.14 bits per heavy atom. The molecule has 0 saturated heterocycles. The minimum Gasteiger partial charge on any atom is -0.348 e. The van der Waals surface area contributed by atoms with Gasteiger partial charge in [-0.05, 0) is 25.0 Å². The smallest absolute Gasteiger partial charge is 0.253 e. The van der Waals surface area contributed by atoms with Gasteiger partial charge < -0.3 is 5.32 Å². The van der Waals surface area contributed by atoms with Gasteiger partial charge >= 0.3 is 0 Å². The van der Waals surface area contributed by atoms with Crippen LogP contribution in [0.5, 0.6) is 0 Å². The van der Waals surface area contributed by atoms with Gasteiger partial charge in [0.25, 0.3) is 5.91 Å². The molecule has 1 aliphatic rings. The van der Waals surface area contributed by atoms with E-state index in [1.807, 2.05) is 30.3 Å². The fourth-order valence-corrected chi connectivity index (χ4v) is 3.30. The zero-order valence-electron chi connectivity index (χ0n) is 11.9. The van der Waals surface area contributed by atoms with E-state index < -0.39 is 0 Å². The largest absolute Gasteiger partial charge is 0.348 e. The van der Waals surface area contributed by atoms with Crippen molar-refractivity contribution in [2.75, 3.05) is 0 Å². The van der Waals surface area contributed by atoms with Gasteiger partial charge in [-0.2, -0.15) is 0 Å². The second-order valence-corrected chi connectivity index (χ2v) is 6.18. The van der Waals surface area contributed by atoms with Gasteiger partial charge in [-0.15, -0.1) is 11.6 Å². The van der Waals surface area contributed by atoms with Crippen molar-refractivity contribution >= 4 is 28.4 Å². The van der Waals surface area contributed by atoms with Crippen LogP contribution in [0, 0.1) is 0 Å². The summed E-state index contributed by atoms with van der Waals surface area (Å²) in [6.07, 6.45) is 7.12. The molecule has 1 fully saturated rings. The fraction of sp³-hybridized carbons (Fsp3) is 0.412. The molecule has 0 bridgehead atoms. The molecule has 110 valence electrons. The highest BCUT2D eigenvalue weighted by atomic mass is 35.5. The minimum absolute atomic E-state index is 0.0272. The first kappa shape index (κ1) is 14.3. The summed E-state index contributed by atoms with van der Waals surface area (Å²) in [5, 5.41) is 4.11. The monoisotopic (exact) mass is 302 g/mol. The summed E-state index contributed by atoms with van der Waals surface area (Å²) in [5.74, 6) is -0.0724. The summed E-state index contributed by atoms with van der Waals surface area (Å²) in [5.41, 5.74) is 1.37. The van der Waals surface area contributed by atoms with Gasteiger partial charge in [-0.3, -0.25) is 9.78 Å². The Hall–Kier alpha value is -1.61. The van der Waals surface area contributed by atoms with E-state index in [-0.39, 0.29) is 17.3 Å². The number of nitrogens with one attached hydrogen (secondary N) is 1. The van der Waals surface area contributed by atoms with Gasteiger partial charge in [0.1, 0.15) is 0 Å². The van der Waals surface area contributed by atoms with E-state index >= 15 is 0 Å². The molecule has 4 heteroatoms. The first-order chi connectivity index (χ1) is 10.3. The Balaban J connectivity index is 1.83. The van der Waals surface area contributed by atoms with Crippen LogP contribution in [-0.4, -0.2) is 22.3 Å². The summed E-state index contributed by atoms with van der Waals surface area (Å²) in [6.45, 7) is 0. The first-order valence-electron chi connectivity index (χ1n) is 7.54. The average Bonchev–Trinajstić information content (AvgIpc) is 2.71. The predicted molar refractivity (Wildman–Crippen MR) is 85.7 cm³/mol. The van der Waals surface area contributed by atoms with Crippen molar-refractivity contribution in [3.8, 4) is 0 Å². The molecule has 1 aromatic heterocycles. The van der Waals surface area contributed by atoms with Crippen LogP contribution < -0.4 is 5.32 Å². The number of para-hydroxylation sites is 1. The Kier molecular flexibility index (Phi) is 4.39. The molecule has 3 nitrogen and oxygen atoms in total. The van der Waals surface area contributed by atoms with Crippen molar-refractivity contribution in [3.63, 3.8) is 0 Å². The number of amides is 1. The van der Waals surface area contributed by atoms with Crippen LogP contribution in [-0.2, 0) is 0 Å². The van der Waals surface area contributed by atoms with Crippen LogP contribution in [0.15, 0.2) is 36.5 Å².